The highest BCUT2D eigenvalue weighted by atomic mass is 31.0. The van der Waals surface area contributed by atoms with Gasteiger partial charge in [0.25, 0.3) is 5.66 Å². The minimum absolute atomic E-state index is 0.0418. The second-order valence-corrected chi connectivity index (χ2v) is 4.67. The zero-order valence-corrected chi connectivity index (χ0v) is 13.3. The molecule has 0 radical (unpaired) electrons. The van der Waals surface area contributed by atoms with Crippen molar-refractivity contribution in [3.63, 3.8) is 0 Å². The second-order valence-electron chi connectivity index (χ2n) is 3.94. The van der Waals surface area contributed by atoms with Gasteiger partial charge in [0.2, 0.25) is 0 Å². The summed E-state index contributed by atoms with van der Waals surface area (Å²) in [6.07, 6.45) is -0.837. The molecule has 0 aromatic carbocycles. The van der Waals surface area contributed by atoms with E-state index in [2.05, 4.69) is 10.3 Å². The molecule has 1 aromatic rings. The number of halogens is 2. The van der Waals surface area contributed by atoms with E-state index in [9.17, 15) is 13.6 Å². The topological polar surface area (TPSA) is 51.2 Å². The van der Waals surface area contributed by atoms with Crippen molar-refractivity contribution in [2.24, 2.45) is 0 Å². The van der Waals surface area contributed by atoms with Crippen molar-refractivity contribution >= 4 is 15.3 Å². The third-order valence-corrected chi connectivity index (χ3v) is 2.20. The van der Waals surface area contributed by atoms with Gasteiger partial charge in [-0.1, -0.05) is 29.2 Å². The monoisotopic (exact) mass is 306 g/mol. The molecular weight excluding hydrogens is 285 g/mol. The molecule has 20 heavy (non-hydrogen) atoms. The molecule has 4 nitrogen and oxygen atoms in total. The highest BCUT2D eigenvalue weighted by molar-refractivity contribution is 7.17. The van der Waals surface area contributed by atoms with E-state index in [0.717, 1.165) is 0 Å². The molecule has 0 aliphatic rings. The summed E-state index contributed by atoms with van der Waals surface area (Å²) in [4.78, 5) is 14.9. The van der Waals surface area contributed by atoms with Crippen LogP contribution in [-0.2, 0) is 16.9 Å². The van der Waals surface area contributed by atoms with Crippen LogP contribution in [0.5, 0.6) is 0 Å². The number of aromatic nitrogens is 1. The highest BCUT2D eigenvalue weighted by Crippen LogP contribution is 2.33. The Kier molecular flexibility index (Phi) is 8.23. The third kappa shape index (κ3) is 7.34. The molecule has 0 spiro atoms. The molecule has 1 amide bonds. The molecule has 1 aromatic heterocycles. The van der Waals surface area contributed by atoms with Crippen molar-refractivity contribution < 1.29 is 18.3 Å². The molecule has 0 fully saturated rings. The number of carbonyl (C=O) groups excluding carboxylic acids is 1. The van der Waals surface area contributed by atoms with Crippen LogP contribution in [0.1, 0.15) is 39.1 Å². The molecule has 0 aliphatic carbocycles. The first-order valence-corrected chi connectivity index (χ1v) is 6.94. The van der Waals surface area contributed by atoms with Crippen LogP contribution in [-0.4, -0.2) is 17.2 Å². The third-order valence-electron chi connectivity index (χ3n) is 1.90. The Hall–Kier alpha value is -1.29. The normalized spacial score (nSPS) is 10.6. The van der Waals surface area contributed by atoms with Gasteiger partial charge in [-0.25, -0.2) is 9.78 Å². The maximum Gasteiger partial charge on any atom is 0.407 e. The van der Waals surface area contributed by atoms with Gasteiger partial charge < -0.3 is 10.1 Å². The first-order valence-electron chi connectivity index (χ1n) is 6.36. The first kappa shape index (κ1) is 18.7. The zero-order chi connectivity index (χ0) is 15.8. The number of nitrogens with one attached hydrogen (secondary N) is 1. The van der Waals surface area contributed by atoms with Crippen LogP contribution in [0, 0.1) is 0 Å². The summed E-state index contributed by atoms with van der Waals surface area (Å²) in [5, 5.41) is 2.43. The number of ether oxygens (including phenoxy) is 1. The fraction of sp³-hybridized carbons (Fsp3) is 0.538. The van der Waals surface area contributed by atoms with Crippen molar-refractivity contribution in [3.05, 3.63) is 29.6 Å². The predicted molar refractivity (Wildman–Crippen MR) is 77.6 cm³/mol. The van der Waals surface area contributed by atoms with Gasteiger partial charge in [-0.3, -0.25) is 0 Å². The molecule has 7 heteroatoms. The Bertz CT molecular complexity index is 423. The average molecular weight is 306 g/mol. The lowest BCUT2D eigenvalue weighted by atomic mass is 10.3. The Labute approximate surface area is 120 Å². The van der Waals surface area contributed by atoms with Crippen LogP contribution in [0.25, 0.3) is 0 Å². The molecule has 1 rings (SSSR count). The number of rotatable bonds is 4. The Morgan fingerprint density at radius 1 is 1.45 bits per heavy atom. The first-order chi connectivity index (χ1) is 9.29. The number of pyridine rings is 1. The second kappa shape index (κ2) is 8.80. The molecule has 1 heterocycles. The summed E-state index contributed by atoms with van der Waals surface area (Å²) < 4.78 is 30.8. The van der Waals surface area contributed by atoms with E-state index >= 15 is 0 Å². The van der Waals surface area contributed by atoms with Gasteiger partial charge in [0.15, 0.2) is 0 Å². The average Bonchev–Trinajstić information content (AvgIpc) is 2.37. The van der Waals surface area contributed by atoms with Gasteiger partial charge in [0.1, 0.15) is 5.69 Å². The van der Waals surface area contributed by atoms with E-state index in [0.29, 0.717) is 5.69 Å². The van der Waals surface area contributed by atoms with Crippen LogP contribution in [0.15, 0.2) is 18.2 Å². The van der Waals surface area contributed by atoms with Gasteiger partial charge >= 0.3 is 6.09 Å². The van der Waals surface area contributed by atoms with Crippen LogP contribution in [0.3, 0.4) is 0 Å². The molecule has 1 unspecified atom stereocenters. The van der Waals surface area contributed by atoms with Gasteiger partial charge in [-0.2, -0.15) is 8.78 Å². The van der Waals surface area contributed by atoms with Gasteiger partial charge in [0.05, 0.1) is 18.3 Å². The maximum absolute atomic E-state index is 13.0. The highest BCUT2D eigenvalue weighted by Gasteiger charge is 2.26. The molecule has 0 saturated carbocycles. The summed E-state index contributed by atoms with van der Waals surface area (Å²) in [7, 11) is 1.42. The largest absolute Gasteiger partial charge is 0.447 e. The maximum atomic E-state index is 13.0. The van der Waals surface area contributed by atoms with Crippen molar-refractivity contribution in [1.29, 1.82) is 0 Å². The standard InChI is InChI=1S/C11H15F2N2O2P.C2H6/c1-7(2)17-10(16)14-6-8-4-3-5-9(15-8)11(12,13)18;1-2/h3-5,7H,6,18H2,1-2H3,(H,14,16);1-2H3. The van der Waals surface area contributed by atoms with E-state index in [1.807, 2.05) is 13.8 Å². The number of amides is 1. The van der Waals surface area contributed by atoms with Crippen molar-refractivity contribution in [2.45, 2.75) is 46.0 Å². The minimum Gasteiger partial charge on any atom is -0.447 e. The van der Waals surface area contributed by atoms with Crippen LogP contribution in [0.2, 0.25) is 0 Å². The molecule has 114 valence electrons. The number of alkyl halides is 2. The van der Waals surface area contributed by atoms with Crippen molar-refractivity contribution in [1.82, 2.24) is 10.3 Å². The zero-order valence-electron chi connectivity index (χ0n) is 12.1. The van der Waals surface area contributed by atoms with Crippen LogP contribution >= 0.6 is 9.24 Å². The van der Waals surface area contributed by atoms with Gasteiger partial charge in [0, 0.05) is 0 Å². The van der Waals surface area contributed by atoms with E-state index in [1.165, 1.54) is 21.4 Å². The Balaban J connectivity index is 0.00000172. The molecule has 1 N–H and O–H groups in total. The fourth-order valence-corrected chi connectivity index (χ4v) is 1.34. The molecular formula is C13H21F2N2O2P. The molecule has 1 atom stereocenters. The predicted octanol–water partition coefficient (Wildman–Crippen LogP) is 3.67. The summed E-state index contributed by atoms with van der Waals surface area (Å²) in [5.41, 5.74) is -3.09. The summed E-state index contributed by atoms with van der Waals surface area (Å²) in [6, 6.07) is 4.24. The smallest absolute Gasteiger partial charge is 0.407 e. The quantitative estimate of drug-likeness (QED) is 0.864. The molecule has 0 aliphatic heterocycles. The number of nitrogens with zero attached hydrogens (tertiary/aromatic N) is 1. The Morgan fingerprint density at radius 3 is 2.55 bits per heavy atom. The van der Waals surface area contributed by atoms with E-state index in [-0.39, 0.29) is 18.3 Å². The number of hydrogen-bond donors (Lipinski definition) is 1. The lowest BCUT2D eigenvalue weighted by Gasteiger charge is -2.12. The lowest BCUT2D eigenvalue weighted by Crippen LogP contribution is -2.27. The SMILES string of the molecule is CC.CC(C)OC(=O)NCc1cccc(C(F)(F)P)n1. The van der Waals surface area contributed by atoms with Crippen molar-refractivity contribution in [3.8, 4) is 0 Å². The number of alkyl carbamates (subject to hydrolysis) is 1. The Morgan fingerprint density at radius 2 is 2.05 bits per heavy atom. The summed E-state index contributed by atoms with van der Waals surface area (Å²) in [6.45, 7) is 7.47. The lowest BCUT2D eigenvalue weighted by molar-refractivity contribution is 0.0983. The van der Waals surface area contributed by atoms with E-state index in [1.54, 1.807) is 19.9 Å². The minimum atomic E-state index is -3.07. The van der Waals surface area contributed by atoms with Crippen LogP contribution < -0.4 is 5.32 Å². The molecule has 0 saturated heterocycles. The summed E-state index contributed by atoms with van der Waals surface area (Å²) in [5.74, 6) is 0. The van der Waals surface area contributed by atoms with Crippen LogP contribution in [0.4, 0.5) is 13.6 Å². The van der Waals surface area contributed by atoms with Gasteiger partial charge in [-0.15, -0.1) is 0 Å². The summed E-state index contributed by atoms with van der Waals surface area (Å²) >= 11 is 0. The number of carbonyl (C=O) groups is 1. The van der Waals surface area contributed by atoms with Crippen molar-refractivity contribution in [2.75, 3.05) is 0 Å². The van der Waals surface area contributed by atoms with E-state index < -0.39 is 11.8 Å². The van der Waals surface area contributed by atoms with Gasteiger partial charge in [-0.05, 0) is 26.0 Å². The number of hydrogen-bond acceptors (Lipinski definition) is 3. The van der Waals surface area contributed by atoms with E-state index in [4.69, 9.17) is 4.74 Å². The fourth-order valence-electron chi connectivity index (χ4n) is 1.18. The molecule has 0 bridgehead atoms.